The Morgan fingerprint density at radius 1 is 1.21 bits per heavy atom. The molecule has 0 aliphatic rings. The quantitative estimate of drug-likeness (QED) is 0.769. The molecule has 2 aromatic carbocycles. The van der Waals surface area contributed by atoms with E-state index in [1.807, 2.05) is 56.3 Å². The zero-order valence-electron chi connectivity index (χ0n) is 14.3. The van der Waals surface area contributed by atoms with Crippen molar-refractivity contribution in [2.45, 2.75) is 32.5 Å². The Balaban J connectivity index is 2.04. The molecular formula is C19H25ClNO3+. The number of benzene rings is 2. The molecule has 2 aromatic rings. The number of nitrogens with two attached hydrogens (primary N) is 1. The number of hydrogen-bond donors (Lipinski definition) is 2. The summed E-state index contributed by atoms with van der Waals surface area (Å²) in [4.78, 5) is 0. The molecule has 0 heterocycles. The van der Waals surface area contributed by atoms with Crippen molar-refractivity contribution in [3.63, 3.8) is 0 Å². The van der Waals surface area contributed by atoms with E-state index in [-0.39, 0.29) is 6.04 Å². The SMILES string of the molecule is CCOc1c(Cl)cc(C[NH2+][C@@H](C)[C@H](O)c2ccccc2)cc1OC. The van der Waals surface area contributed by atoms with Crippen molar-refractivity contribution in [3.8, 4) is 11.5 Å². The molecule has 0 saturated carbocycles. The van der Waals surface area contributed by atoms with Gasteiger partial charge < -0.3 is 19.9 Å². The Hall–Kier alpha value is -1.75. The second kappa shape index (κ2) is 8.92. The molecule has 0 saturated heterocycles. The lowest BCUT2D eigenvalue weighted by atomic mass is 10.0. The van der Waals surface area contributed by atoms with Gasteiger partial charge in [0.05, 0.1) is 18.7 Å². The van der Waals surface area contributed by atoms with Crippen LogP contribution in [0.1, 0.15) is 31.1 Å². The zero-order valence-corrected chi connectivity index (χ0v) is 15.1. The normalized spacial score (nSPS) is 13.4. The molecule has 0 aliphatic heterocycles. The van der Waals surface area contributed by atoms with Crippen molar-refractivity contribution >= 4 is 11.6 Å². The molecule has 4 nitrogen and oxygen atoms in total. The maximum absolute atomic E-state index is 10.4. The minimum atomic E-state index is -0.522. The molecule has 24 heavy (non-hydrogen) atoms. The van der Waals surface area contributed by atoms with Gasteiger partial charge in [-0.15, -0.1) is 0 Å². The molecule has 0 bridgehead atoms. The molecule has 3 N–H and O–H groups in total. The number of ether oxygens (including phenoxy) is 2. The molecule has 0 radical (unpaired) electrons. The summed E-state index contributed by atoms with van der Waals surface area (Å²) in [6.45, 7) is 5.13. The summed E-state index contributed by atoms with van der Waals surface area (Å²) < 4.78 is 10.9. The summed E-state index contributed by atoms with van der Waals surface area (Å²) in [6.07, 6.45) is -0.522. The van der Waals surface area contributed by atoms with Crippen LogP contribution in [-0.4, -0.2) is 24.9 Å². The van der Waals surface area contributed by atoms with Crippen LogP contribution in [0.25, 0.3) is 0 Å². The van der Waals surface area contributed by atoms with Gasteiger partial charge in [0, 0.05) is 5.56 Å². The topological polar surface area (TPSA) is 55.3 Å². The van der Waals surface area contributed by atoms with E-state index in [1.54, 1.807) is 7.11 Å². The zero-order chi connectivity index (χ0) is 17.5. The van der Waals surface area contributed by atoms with E-state index in [9.17, 15) is 5.11 Å². The Morgan fingerprint density at radius 3 is 2.54 bits per heavy atom. The van der Waals surface area contributed by atoms with Gasteiger partial charge in [0.15, 0.2) is 11.5 Å². The molecule has 2 rings (SSSR count). The Morgan fingerprint density at radius 2 is 1.92 bits per heavy atom. The third-order valence-electron chi connectivity index (χ3n) is 3.94. The van der Waals surface area contributed by atoms with E-state index in [0.29, 0.717) is 29.7 Å². The van der Waals surface area contributed by atoms with Gasteiger partial charge in [-0.25, -0.2) is 0 Å². The van der Waals surface area contributed by atoms with Gasteiger partial charge in [-0.2, -0.15) is 0 Å². The van der Waals surface area contributed by atoms with Crippen LogP contribution in [0.2, 0.25) is 5.02 Å². The van der Waals surface area contributed by atoms with Gasteiger partial charge in [-0.1, -0.05) is 41.9 Å². The van der Waals surface area contributed by atoms with Crippen LogP contribution >= 0.6 is 11.6 Å². The van der Waals surface area contributed by atoms with Crippen LogP contribution in [0.4, 0.5) is 0 Å². The molecule has 2 atom stereocenters. The fraction of sp³-hybridized carbons (Fsp3) is 0.368. The highest BCUT2D eigenvalue weighted by Crippen LogP contribution is 2.36. The fourth-order valence-electron chi connectivity index (χ4n) is 2.58. The molecule has 5 heteroatoms. The summed E-state index contributed by atoms with van der Waals surface area (Å²) >= 11 is 6.30. The van der Waals surface area contributed by atoms with Crippen molar-refractivity contribution in [3.05, 3.63) is 58.6 Å². The molecule has 130 valence electrons. The maximum Gasteiger partial charge on any atom is 0.179 e. The third-order valence-corrected chi connectivity index (χ3v) is 4.22. The first kappa shape index (κ1) is 18.6. The molecule has 0 aliphatic carbocycles. The Bertz CT molecular complexity index is 649. The second-order valence-corrected chi connectivity index (χ2v) is 6.10. The number of methoxy groups -OCH3 is 1. The van der Waals surface area contributed by atoms with Gasteiger partial charge in [-0.05, 0) is 31.5 Å². The van der Waals surface area contributed by atoms with Crippen LogP contribution in [0, 0.1) is 0 Å². The van der Waals surface area contributed by atoms with Gasteiger partial charge >= 0.3 is 0 Å². The third kappa shape index (κ3) is 4.63. The molecule has 0 spiro atoms. The number of hydrogen-bond acceptors (Lipinski definition) is 3. The molecule has 0 unspecified atom stereocenters. The average Bonchev–Trinajstić information content (AvgIpc) is 2.61. The Kier molecular flexibility index (Phi) is 6.91. The van der Waals surface area contributed by atoms with Crippen LogP contribution in [0.5, 0.6) is 11.5 Å². The molecular weight excluding hydrogens is 326 g/mol. The number of rotatable bonds is 8. The summed E-state index contributed by atoms with van der Waals surface area (Å²) in [6, 6.07) is 13.5. The van der Waals surface area contributed by atoms with Crippen molar-refractivity contribution < 1.29 is 19.9 Å². The van der Waals surface area contributed by atoms with Gasteiger partial charge in [0.2, 0.25) is 0 Å². The molecule has 0 aromatic heterocycles. The molecule has 0 fully saturated rings. The standard InChI is InChI=1S/C19H24ClNO3/c1-4-24-19-16(20)10-14(11-17(19)23-3)12-21-13(2)18(22)15-8-6-5-7-9-15/h5-11,13,18,21-22H,4,12H2,1-3H3/p+1/t13-,18-/m0/s1. The fourth-order valence-corrected chi connectivity index (χ4v) is 2.87. The largest absolute Gasteiger partial charge is 0.493 e. The van der Waals surface area contributed by atoms with E-state index in [4.69, 9.17) is 21.1 Å². The molecule has 0 amide bonds. The number of aliphatic hydroxyl groups excluding tert-OH is 1. The summed E-state index contributed by atoms with van der Waals surface area (Å²) in [5.74, 6) is 1.20. The highest BCUT2D eigenvalue weighted by molar-refractivity contribution is 6.32. The van der Waals surface area contributed by atoms with Crippen LogP contribution in [-0.2, 0) is 6.54 Å². The smallest absolute Gasteiger partial charge is 0.179 e. The van der Waals surface area contributed by atoms with Crippen molar-refractivity contribution in [2.24, 2.45) is 0 Å². The van der Waals surface area contributed by atoms with Crippen molar-refractivity contribution in [1.29, 1.82) is 0 Å². The minimum Gasteiger partial charge on any atom is -0.493 e. The highest BCUT2D eigenvalue weighted by atomic mass is 35.5. The average molecular weight is 351 g/mol. The van der Waals surface area contributed by atoms with Crippen LogP contribution in [0.15, 0.2) is 42.5 Å². The first-order valence-electron chi connectivity index (χ1n) is 8.12. The van der Waals surface area contributed by atoms with E-state index in [1.165, 1.54) is 0 Å². The predicted octanol–water partition coefficient (Wildman–Crippen LogP) is 2.93. The van der Waals surface area contributed by atoms with Gasteiger partial charge in [0.1, 0.15) is 18.7 Å². The lowest BCUT2D eigenvalue weighted by Crippen LogP contribution is -2.88. The monoisotopic (exact) mass is 350 g/mol. The van der Waals surface area contributed by atoms with E-state index in [2.05, 4.69) is 5.32 Å². The van der Waals surface area contributed by atoms with Crippen molar-refractivity contribution in [1.82, 2.24) is 0 Å². The van der Waals surface area contributed by atoms with E-state index < -0.39 is 6.10 Å². The summed E-state index contributed by atoms with van der Waals surface area (Å²) in [7, 11) is 1.60. The predicted molar refractivity (Wildman–Crippen MR) is 95.7 cm³/mol. The maximum atomic E-state index is 10.4. The second-order valence-electron chi connectivity index (χ2n) is 5.70. The van der Waals surface area contributed by atoms with E-state index in [0.717, 1.165) is 11.1 Å². The lowest BCUT2D eigenvalue weighted by molar-refractivity contribution is -0.709. The number of aliphatic hydroxyl groups is 1. The van der Waals surface area contributed by atoms with Gasteiger partial charge in [-0.3, -0.25) is 0 Å². The summed E-state index contributed by atoms with van der Waals surface area (Å²) in [5.41, 5.74) is 1.94. The number of quaternary nitrogens is 1. The van der Waals surface area contributed by atoms with Crippen LogP contribution in [0.3, 0.4) is 0 Å². The van der Waals surface area contributed by atoms with E-state index >= 15 is 0 Å². The summed E-state index contributed by atoms with van der Waals surface area (Å²) in [5, 5.41) is 13.1. The van der Waals surface area contributed by atoms with Crippen molar-refractivity contribution in [2.75, 3.05) is 13.7 Å². The van der Waals surface area contributed by atoms with Crippen LogP contribution < -0.4 is 14.8 Å². The van der Waals surface area contributed by atoms with Gasteiger partial charge in [0.25, 0.3) is 0 Å². The Labute approximate surface area is 148 Å². The highest BCUT2D eigenvalue weighted by Gasteiger charge is 2.19. The first-order valence-corrected chi connectivity index (χ1v) is 8.50. The minimum absolute atomic E-state index is 0.0174. The first-order chi connectivity index (χ1) is 11.6. The number of halogens is 1. The lowest BCUT2D eigenvalue weighted by Gasteiger charge is -2.18.